The molecule has 1 atom stereocenters. The average Bonchev–Trinajstić information content (AvgIpc) is 3.16. The van der Waals surface area contributed by atoms with Gasteiger partial charge in [0.25, 0.3) is 0 Å². The molecule has 0 aliphatic carbocycles. The third-order valence-electron chi connectivity index (χ3n) is 3.36. The van der Waals surface area contributed by atoms with Crippen LogP contribution in [0.4, 0.5) is 0 Å². The van der Waals surface area contributed by atoms with Gasteiger partial charge in [0.05, 0.1) is 17.1 Å². The third-order valence-corrected chi connectivity index (χ3v) is 5.56. The van der Waals surface area contributed by atoms with Crippen LogP contribution in [0.25, 0.3) is 9.88 Å². The highest BCUT2D eigenvalue weighted by Gasteiger charge is 2.27. The highest BCUT2D eigenvalue weighted by molar-refractivity contribution is 7.21. The van der Waals surface area contributed by atoms with Crippen LogP contribution in [0.2, 0.25) is 0 Å². The highest BCUT2D eigenvalue weighted by atomic mass is 32.1. The lowest BCUT2D eigenvalue weighted by atomic mass is 10.2. The molecular weight excluding hydrogens is 306 g/mol. The summed E-state index contributed by atoms with van der Waals surface area (Å²) < 4.78 is 0. The quantitative estimate of drug-likeness (QED) is 0.905. The lowest BCUT2D eigenvalue weighted by Gasteiger charge is -2.10. The van der Waals surface area contributed by atoms with E-state index >= 15 is 0 Å². The van der Waals surface area contributed by atoms with Crippen LogP contribution in [0.15, 0.2) is 17.5 Å². The smallest absolute Gasteiger partial charge is 0.242 e. The number of carbonyl (C=O) groups is 2. The van der Waals surface area contributed by atoms with Gasteiger partial charge in [-0.05, 0) is 24.8 Å². The number of thiophene rings is 1. The predicted molar refractivity (Wildman–Crippen MR) is 83.2 cm³/mol. The van der Waals surface area contributed by atoms with Gasteiger partial charge in [-0.15, -0.1) is 22.7 Å². The van der Waals surface area contributed by atoms with Gasteiger partial charge in [0.2, 0.25) is 11.8 Å². The van der Waals surface area contributed by atoms with Crippen molar-refractivity contribution >= 4 is 34.5 Å². The van der Waals surface area contributed by atoms with Gasteiger partial charge in [0, 0.05) is 11.3 Å². The van der Waals surface area contributed by atoms with Crippen molar-refractivity contribution in [3.05, 3.63) is 28.1 Å². The maximum atomic E-state index is 12.0. The summed E-state index contributed by atoms with van der Waals surface area (Å²) in [5, 5.41) is 8.56. The van der Waals surface area contributed by atoms with E-state index in [1.54, 1.807) is 22.7 Å². The van der Waals surface area contributed by atoms with Gasteiger partial charge in [-0.1, -0.05) is 6.07 Å². The fourth-order valence-electron chi connectivity index (χ4n) is 2.20. The standard InChI is InChI=1S/C14H15N3O2S2/c1-8-11(21-14(16-8)10-3-2-6-20-10)7-15-13(19)9-4-5-12(18)17-9/h2-3,6,9H,4-5,7H2,1H3,(H,15,19)(H,17,18). The summed E-state index contributed by atoms with van der Waals surface area (Å²) in [6.45, 7) is 2.41. The second-order valence-electron chi connectivity index (χ2n) is 4.88. The molecule has 3 rings (SSSR count). The Morgan fingerprint density at radius 3 is 3.10 bits per heavy atom. The van der Waals surface area contributed by atoms with Gasteiger partial charge in [-0.3, -0.25) is 9.59 Å². The van der Waals surface area contributed by atoms with E-state index in [9.17, 15) is 9.59 Å². The van der Waals surface area contributed by atoms with Crippen molar-refractivity contribution in [3.8, 4) is 9.88 Å². The summed E-state index contributed by atoms with van der Waals surface area (Å²) in [6, 6.07) is 3.66. The Balaban J connectivity index is 1.63. The van der Waals surface area contributed by atoms with Crippen LogP contribution in [-0.4, -0.2) is 22.8 Å². The number of hydrogen-bond acceptors (Lipinski definition) is 5. The minimum absolute atomic E-state index is 0.0518. The van der Waals surface area contributed by atoms with Gasteiger partial charge in [-0.25, -0.2) is 4.98 Å². The van der Waals surface area contributed by atoms with Crippen molar-refractivity contribution in [1.29, 1.82) is 0 Å². The average molecular weight is 321 g/mol. The maximum absolute atomic E-state index is 12.0. The normalized spacial score (nSPS) is 17.8. The molecule has 1 fully saturated rings. The molecule has 0 bridgehead atoms. The Hall–Kier alpha value is -1.73. The van der Waals surface area contributed by atoms with Crippen molar-refractivity contribution in [1.82, 2.24) is 15.6 Å². The number of nitrogens with one attached hydrogen (secondary N) is 2. The zero-order valence-corrected chi connectivity index (χ0v) is 13.1. The number of thiazole rings is 1. The molecule has 0 radical (unpaired) electrons. The molecule has 2 amide bonds. The lowest BCUT2D eigenvalue weighted by Crippen LogP contribution is -2.41. The van der Waals surface area contributed by atoms with E-state index in [1.165, 1.54) is 0 Å². The largest absolute Gasteiger partial charge is 0.349 e. The Morgan fingerprint density at radius 1 is 1.57 bits per heavy atom. The molecule has 1 saturated heterocycles. The van der Waals surface area contributed by atoms with Crippen molar-refractivity contribution < 1.29 is 9.59 Å². The van der Waals surface area contributed by atoms with E-state index in [-0.39, 0.29) is 17.9 Å². The van der Waals surface area contributed by atoms with Crippen LogP contribution in [0.5, 0.6) is 0 Å². The highest BCUT2D eigenvalue weighted by Crippen LogP contribution is 2.30. The zero-order chi connectivity index (χ0) is 14.8. The Morgan fingerprint density at radius 2 is 2.43 bits per heavy atom. The summed E-state index contributed by atoms with van der Waals surface area (Å²) in [5.41, 5.74) is 0.944. The molecule has 1 aliphatic rings. The van der Waals surface area contributed by atoms with Crippen molar-refractivity contribution in [2.75, 3.05) is 0 Å². The summed E-state index contributed by atoms with van der Waals surface area (Å²) in [7, 11) is 0. The summed E-state index contributed by atoms with van der Waals surface area (Å²) in [6.07, 6.45) is 1.01. The maximum Gasteiger partial charge on any atom is 0.242 e. The van der Waals surface area contributed by atoms with Crippen molar-refractivity contribution in [2.24, 2.45) is 0 Å². The lowest BCUT2D eigenvalue weighted by molar-refractivity contribution is -0.125. The third kappa shape index (κ3) is 3.14. The molecule has 3 heterocycles. The molecule has 2 aromatic heterocycles. The van der Waals surface area contributed by atoms with Crippen LogP contribution in [0.1, 0.15) is 23.4 Å². The van der Waals surface area contributed by atoms with E-state index < -0.39 is 0 Å². The van der Waals surface area contributed by atoms with Crippen LogP contribution in [-0.2, 0) is 16.1 Å². The van der Waals surface area contributed by atoms with Crippen molar-refractivity contribution in [3.63, 3.8) is 0 Å². The number of hydrogen-bond donors (Lipinski definition) is 2. The summed E-state index contributed by atoms with van der Waals surface area (Å²) in [5.74, 6) is -0.171. The molecule has 0 spiro atoms. The van der Waals surface area contributed by atoms with E-state index in [2.05, 4.69) is 15.6 Å². The SMILES string of the molecule is Cc1nc(-c2cccs2)sc1CNC(=O)C1CCC(=O)N1. The first-order valence-electron chi connectivity index (χ1n) is 6.71. The van der Waals surface area contributed by atoms with Crippen LogP contribution >= 0.6 is 22.7 Å². The predicted octanol–water partition coefficient (Wildman–Crippen LogP) is 2.07. The van der Waals surface area contributed by atoms with Gasteiger partial charge in [0.1, 0.15) is 11.0 Å². The number of rotatable bonds is 4. The molecule has 2 N–H and O–H groups in total. The number of aromatic nitrogens is 1. The van der Waals surface area contributed by atoms with Gasteiger partial charge >= 0.3 is 0 Å². The van der Waals surface area contributed by atoms with E-state index in [0.717, 1.165) is 20.5 Å². The number of carbonyl (C=O) groups excluding carboxylic acids is 2. The van der Waals surface area contributed by atoms with Crippen molar-refractivity contribution in [2.45, 2.75) is 32.4 Å². The second-order valence-corrected chi connectivity index (χ2v) is 6.91. The fraction of sp³-hybridized carbons (Fsp3) is 0.357. The first-order valence-corrected chi connectivity index (χ1v) is 8.40. The van der Waals surface area contributed by atoms with E-state index in [1.807, 2.05) is 24.4 Å². The van der Waals surface area contributed by atoms with Crippen LogP contribution < -0.4 is 10.6 Å². The fourth-order valence-corrected chi connectivity index (χ4v) is 4.00. The van der Waals surface area contributed by atoms with E-state index in [4.69, 9.17) is 0 Å². The molecule has 21 heavy (non-hydrogen) atoms. The Kier molecular flexibility index (Phi) is 4.03. The topological polar surface area (TPSA) is 71.1 Å². The number of amides is 2. The monoisotopic (exact) mass is 321 g/mol. The van der Waals surface area contributed by atoms with Gasteiger partial charge in [-0.2, -0.15) is 0 Å². The first-order chi connectivity index (χ1) is 10.1. The van der Waals surface area contributed by atoms with Crippen LogP contribution in [0, 0.1) is 6.92 Å². The van der Waals surface area contributed by atoms with Gasteiger partial charge < -0.3 is 10.6 Å². The Labute approximate surface area is 130 Å². The summed E-state index contributed by atoms with van der Waals surface area (Å²) >= 11 is 3.26. The number of aryl methyl sites for hydroxylation is 1. The Bertz CT molecular complexity index is 664. The first kappa shape index (κ1) is 14.2. The second kappa shape index (κ2) is 5.95. The molecule has 2 aromatic rings. The molecule has 5 nitrogen and oxygen atoms in total. The zero-order valence-electron chi connectivity index (χ0n) is 11.5. The van der Waals surface area contributed by atoms with Gasteiger partial charge in [0.15, 0.2) is 0 Å². The minimum atomic E-state index is -0.387. The summed E-state index contributed by atoms with van der Waals surface area (Å²) in [4.78, 5) is 29.8. The molecule has 110 valence electrons. The van der Waals surface area contributed by atoms with Crippen LogP contribution in [0.3, 0.4) is 0 Å². The minimum Gasteiger partial charge on any atom is -0.349 e. The molecule has 1 aliphatic heterocycles. The molecule has 0 aromatic carbocycles. The molecule has 1 unspecified atom stereocenters. The molecule has 0 saturated carbocycles. The molecule has 7 heteroatoms. The molecular formula is C14H15N3O2S2. The number of nitrogens with zero attached hydrogens (tertiary/aromatic N) is 1. The van der Waals surface area contributed by atoms with E-state index in [0.29, 0.717) is 19.4 Å².